The standard InChI is InChI=1S/C16H32N2O/c1-3-17-16(13-19,14-10-11-14)12-18(4-2)15-8-6-5-7-9-15/h14-15,17,19H,3-13H2,1-2H3. The number of aliphatic hydroxyl groups is 1. The average molecular weight is 268 g/mol. The summed E-state index contributed by atoms with van der Waals surface area (Å²) >= 11 is 0. The Morgan fingerprint density at radius 3 is 2.26 bits per heavy atom. The highest BCUT2D eigenvalue weighted by Crippen LogP contribution is 2.40. The predicted molar refractivity (Wildman–Crippen MR) is 80.3 cm³/mol. The summed E-state index contributed by atoms with van der Waals surface area (Å²) in [5.74, 6) is 0.690. The maximum Gasteiger partial charge on any atom is 0.0628 e. The van der Waals surface area contributed by atoms with Crippen LogP contribution in [0.2, 0.25) is 0 Å². The number of likely N-dealkylation sites (N-methyl/N-ethyl adjacent to an activating group) is 2. The average Bonchev–Trinajstić information content (AvgIpc) is 3.29. The molecule has 0 saturated heterocycles. The second-order valence-corrected chi connectivity index (χ2v) is 6.47. The van der Waals surface area contributed by atoms with E-state index in [0.717, 1.165) is 25.7 Å². The van der Waals surface area contributed by atoms with E-state index in [1.165, 1.54) is 44.9 Å². The van der Waals surface area contributed by atoms with E-state index in [0.29, 0.717) is 5.92 Å². The first-order chi connectivity index (χ1) is 9.25. The molecular weight excluding hydrogens is 236 g/mol. The molecule has 3 heteroatoms. The molecule has 2 aliphatic rings. The fraction of sp³-hybridized carbons (Fsp3) is 1.00. The Hall–Kier alpha value is -0.120. The van der Waals surface area contributed by atoms with Crippen molar-refractivity contribution in [1.82, 2.24) is 10.2 Å². The maximum absolute atomic E-state index is 9.97. The van der Waals surface area contributed by atoms with Crippen molar-refractivity contribution in [3.8, 4) is 0 Å². The van der Waals surface area contributed by atoms with Crippen LogP contribution >= 0.6 is 0 Å². The van der Waals surface area contributed by atoms with Crippen LogP contribution in [0, 0.1) is 5.92 Å². The molecule has 1 unspecified atom stereocenters. The molecule has 2 saturated carbocycles. The Morgan fingerprint density at radius 2 is 1.79 bits per heavy atom. The molecule has 0 radical (unpaired) electrons. The Bertz CT molecular complexity index is 261. The zero-order valence-electron chi connectivity index (χ0n) is 12.8. The van der Waals surface area contributed by atoms with Crippen LogP contribution in [0.4, 0.5) is 0 Å². The summed E-state index contributed by atoms with van der Waals surface area (Å²) in [5, 5.41) is 13.6. The van der Waals surface area contributed by atoms with Gasteiger partial charge in [-0.15, -0.1) is 0 Å². The Labute approximate surface area is 118 Å². The van der Waals surface area contributed by atoms with E-state index in [2.05, 4.69) is 24.1 Å². The van der Waals surface area contributed by atoms with Crippen molar-refractivity contribution in [1.29, 1.82) is 0 Å². The summed E-state index contributed by atoms with van der Waals surface area (Å²) < 4.78 is 0. The zero-order valence-corrected chi connectivity index (χ0v) is 12.8. The number of hydrogen-bond acceptors (Lipinski definition) is 3. The van der Waals surface area contributed by atoms with Crippen LogP contribution in [-0.2, 0) is 0 Å². The van der Waals surface area contributed by atoms with Crippen LogP contribution in [0.1, 0.15) is 58.8 Å². The molecule has 0 aromatic carbocycles. The number of rotatable bonds is 8. The second kappa shape index (κ2) is 7.05. The van der Waals surface area contributed by atoms with Crippen molar-refractivity contribution in [2.24, 2.45) is 5.92 Å². The van der Waals surface area contributed by atoms with Gasteiger partial charge in [0.2, 0.25) is 0 Å². The lowest BCUT2D eigenvalue weighted by Gasteiger charge is -2.42. The molecule has 2 N–H and O–H groups in total. The molecule has 2 aliphatic carbocycles. The minimum absolute atomic E-state index is 0.0395. The molecule has 0 aromatic heterocycles. The first-order valence-corrected chi connectivity index (χ1v) is 8.35. The lowest BCUT2D eigenvalue weighted by atomic mass is 9.89. The van der Waals surface area contributed by atoms with Crippen LogP contribution < -0.4 is 5.32 Å². The van der Waals surface area contributed by atoms with E-state index in [9.17, 15) is 5.11 Å². The largest absolute Gasteiger partial charge is 0.394 e. The molecule has 0 aromatic rings. The molecule has 2 rings (SSSR count). The molecule has 3 nitrogen and oxygen atoms in total. The third kappa shape index (κ3) is 3.71. The van der Waals surface area contributed by atoms with E-state index in [1.54, 1.807) is 0 Å². The van der Waals surface area contributed by atoms with E-state index in [4.69, 9.17) is 0 Å². The van der Waals surface area contributed by atoms with Gasteiger partial charge in [0.05, 0.1) is 12.1 Å². The summed E-state index contributed by atoms with van der Waals surface area (Å²) in [6.45, 7) is 7.82. The SMILES string of the molecule is CCNC(CO)(CN(CC)C1CCCCC1)C1CC1. The van der Waals surface area contributed by atoms with Gasteiger partial charge >= 0.3 is 0 Å². The summed E-state index contributed by atoms with van der Waals surface area (Å²) in [6.07, 6.45) is 9.47. The Kier molecular flexibility index (Phi) is 5.67. The molecule has 0 heterocycles. The van der Waals surface area contributed by atoms with Gasteiger partial charge in [-0.05, 0) is 44.7 Å². The van der Waals surface area contributed by atoms with Crippen LogP contribution in [0.3, 0.4) is 0 Å². The molecule has 0 aliphatic heterocycles. The number of hydrogen-bond donors (Lipinski definition) is 2. The fourth-order valence-corrected chi connectivity index (χ4v) is 3.86. The van der Waals surface area contributed by atoms with Gasteiger partial charge in [0.25, 0.3) is 0 Å². The van der Waals surface area contributed by atoms with Gasteiger partial charge in [-0.25, -0.2) is 0 Å². The van der Waals surface area contributed by atoms with E-state index in [-0.39, 0.29) is 12.1 Å². The van der Waals surface area contributed by atoms with Gasteiger partial charge in [0.15, 0.2) is 0 Å². The summed E-state index contributed by atoms with van der Waals surface area (Å²) in [5.41, 5.74) is -0.0395. The molecule has 112 valence electrons. The summed E-state index contributed by atoms with van der Waals surface area (Å²) in [7, 11) is 0. The van der Waals surface area contributed by atoms with E-state index in [1.807, 2.05) is 0 Å². The quantitative estimate of drug-likeness (QED) is 0.709. The third-order valence-electron chi connectivity index (χ3n) is 5.15. The third-order valence-corrected chi connectivity index (χ3v) is 5.15. The van der Waals surface area contributed by atoms with Gasteiger partial charge in [-0.1, -0.05) is 33.1 Å². The number of nitrogens with one attached hydrogen (secondary N) is 1. The first-order valence-electron chi connectivity index (χ1n) is 8.35. The highest BCUT2D eigenvalue weighted by atomic mass is 16.3. The molecule has 0 amide bonds. The van der Waals surface area contributed by atoms with Crippen molar-refractivity contribution in [3.05, 3.63) is 0 Å². The van der Waals surface area contributed by atoms with E-state index >= 15 is 0 Å². The van der Waals surface area contributed by atoms with Crippen molar-refractivity contribution in [2.75, 3.05) is 26.2 Å². The Balaban J connectivity index is 2.00. The maximum atomic E-state index is 9.97. The molecule has 0 bridgehead atoms. The van der Waals surface area contributed by atoms with Gasteiger partial charge in [-0.2, -0.15) is 0 Å². The summed E-state index contributed by atoms with van der Waals surface area (Å²) in [4.78, 5) is 2.64. The first kappa shape index (κ1) is 15.3. The van der Waals surface area contributed by atoms with E-state index < -0.39 is 0 Å². The zero-order chi connectivity index (χ0) is 13.7. The molecule has 1 atom stereocenters. The minimum Gasteiger partial charge on any atom is -0.394 e. The van der Waals surface area contributed by atoms with Crippen molar-refractivity contribution >= 4 is 0 Å². The topological polar surface area (TPSA) is 35.5 Å². The second-order valence-electron chi connectivity index (χ2n) is 6.47. The minimum atomic E-state index is -0.0395. The van der Waals surface area contributed by atoms with Crippen LogP contribution in [0.25, 0.3) is 0 Å². The lowest BCUT2D eigenvalue weighted by molar-refractivity contribution is 0.0629. The van der Waals surface area contributed by atoms with Gasteiger partial charge < -0.3 is 10.4 Å². The van der Waals surface area contributed by atoms with Crippen LogP contribution in [0.5, 0.6) is 0 Å². The number of aliphatic hydroxyl groups excluding tert-OH is 1. The smallest absolute Gasteiger partial charge is 0.0628 e. The highest BCUT2D eigenvalue weighted by molar-refractivity contribution is 5.03. The highest BCUT2D eigenvalue weighted by Gasteiger charge is 2.45. The van der Waals surface area contributed by atoms with Crippen LogP contribution in [-0.4, -0.2) is 47.8 Å². The van der Waals surface area contributed by atoms with Gasteiger partial charge in [-0.3, -0.25) is 4.90 Å². The van der Waals surface area contributed by atoms with Gasteiger partial charge in [0.1, 0.15) is 0 Å². The fourth-order valence-electron chi connectivity index (χ4n) is 3.86. The number of nitrogens with zero attached hydrogens (tertiary/aromatic N) is 1. The lowest BCUT2D eigenvalue weighted by Crippen LogP contribution is -2.59. The molecular formula is C16H32N2O. The monoisotopic (exact) mass is 268 g/mol. The van der Waals surface area contributed by atoms with Crippen LogP contribution in [0.15, 0.2) is 0 Å². The molecule has 0 spiro atoms. The normalized spacial score (nSPS) is 24.6. The Morgan fingerprint density at radius 1 is 1.11 bits per heavy atom. The van der Waals surface area contributed by atoms with Crippen molar-refractivity contribution < 1.29 is 5.11 Å². The predicted octanol–water partition coefficient (Wildman–Crippen LogP) is 2.39. The van der Waals surface area contributed by atoms with Gasteiger partial charge in [0, 0.05) is 12.6 Å². The molecule has 2 fully saturated rings. The van der Waals surface area contributed by atoms with Crippen molar-refractivity contribution in [2.45, 2.75) is 70.4 Å². The van der Waals surface area contributed by atoms with Crippen molar-refractivity contribution in [3.63, 3.8) is 0 Å². The molecule has 19 heavy (non-hydrogen) atoms. The summed E-state index contributed by atoms with van der Waals surface area (Å²) in [6, 6.07) is 0.752.